The van der Waals surface area contributed by atoms with Crippen molar-refractivity contribution in [3.8, 4) is 0 Å². The van der Waals surface area contributed by atoms with Crippen LogP contribution in [0.4, 0.5) is 0 Å². The highest BCUT2D eigenvalue weighted by Crippen LogP contribution is 2.37. The van der Waals surface area contributed by atoms with Gasteiger partial charge in [-0.15, -0.1) is 0 Å². The van der Waals surface area contributed by atoms with E-state index in [1.165, 1.54) is 6.92 Å². The third-order valence-corrected chi connectivity index (χ3v) is 4.43. The average Bonchev–Trinajstić information content (AvgIpc) is 2.87. The fourth-order valence-electron chi connectivity index (χ4n) is 2.55. The number of hydrogen-bond acceptors (Lipinski definition) is 4. The van der Waals surface area contributed by atoms with Crippen molar-refractivity contribution in [3.63, 3.8) is 0 Å². The van der Waals surface area contributed by atoms with Gasteiger partial charge in [0.05, 0.1) is 5.02 Å². The maximum absolute atomic E-state index is 12.1. The molecule has 116 valence electrons. The summed E-state index contributed by atoms with van der Waals surface area (Å²) in [7, 11) is 0. The van der Waals surface area contributed by atoms with Crippen LogP contribution < -0.4 is 0 Å². The number of carbonyl (C=O) groups excluding carboxylic acids is 2. The van der Waals surface area contributed by atoms with Gasteiger partial charge >= 0.3 is 5.97 Å². The molecule has 22 heavy (non-hydrogen) atoms. The second-order valence-electron chi connectivity index (χ2n) is 5.09. The third-order valence-electron chi connectivity index (χ3n) is 3.65. The second kappa shape index (κ2) is 5.82. The molecule has 0 fully saturated rings. The molecule has 2 aromatic rings. The van der Waals surface area contributed by atoms with Crippen molar-refractivity contribution in [2.75, 3.05) is 13.2 Å². The van der Waals surface area contributed by atoms with Gasteiger partial charge in [0.2, 0.25) is 0 Å². The Morgan fingerprint density at radius 1 is 1.36 bits per heavy atom. The van der Waals surface area contributed by atoms with Crippen molar-refractivity contribution in [3.05, 3.63) is 33.5 Å². The summed E-state index contributed by atoms with van der Waals surface area (Å²) in [5.41, 5.74) is 1.48. The Kier molecular flexibility index (Phi) is 4.02. The van der Waals surface area contributed by atoms with Crippen molar-refractivity contribution in [1.29, 1.82) is 0 Å². The maximum Gasteiger partial charge on any atom is 0.303 e. The molecule has 3 rings (SSSR count). The number of esters is 1. The molecule has 0 bridgehead atoms. The van der Waals surface area contributed by atoms with Crippen LogP contribution >= 0.6 is 23.2 Å². The van der Waals surface area contributed by atoms with Gasteiger partial charge in [0, 0.05) is 37.4 Å². The van der Waals surface area contributed by atoms with E-state index in [9.17, 15) is 9.59 Å². The number of hydrogen-bond donors (Lipinski definition) is 0. The van der Waals surface area contributed by atoms with Crippen LogP contribution in [0.3, 0.4) is 0 Å². The second-order valence-corrected chi connectivity index (χ2v) is 5.87. The predicted octanol–water partition coefficient (Wildman–Crippen LogP) is 3.19. The normalized spacial score (nSPS) is 14.0. The highest BCUT2D eigenvalue weighted by Gasteiger charge is 2.27. The summed E-state index contributed by atoms with van der Waals surface area (Å²) in [6.45, 7) is 1.95. The summed E-state index contributed by atoms with van der Waals surface area (Å²) >= 11 is 12.2. The number of ether oxygens (including phenoxy) is 1. The van der Waals surface area contributed by atoms with E-state index < -0.39 is 5.97 Å². The molecule has 0 N–H and O–H groups in total. The summed E-state index contributed by atoms with van der Waals surface area (Å²) in [6, 6.07) is 3.55. The fourth-order valence-corrected chi connectivity index (χ4v) is 2.91. The number of carbonyl (C=O) groups is 2. The molecule has 2 heterocycles. The maximum atomic E-state index is 12.1. The van der Waals surface area contributed by atoms with E-state index in [0.29, 0.717) is 35.1 Å². The van der Waals surface area contributed by atoms with Crippen molar-refractivity contribution >= 4 is 46.0 Å². The van der Waals surface area contributed by atoms with Gasteiger partial charge in [0.1, 0.15) is 10.8 Å². The van der Waals surface area contributed by atoms with Crippen LogP contribution in [0.25, 0.3) is 11.0 Å². The molecule has 7 heteroatoms. The lowest BCUT2D eigenvalue weighted by Crippen LogP contribution is -2.38. The van der Waals surface area contributed by atoms with Gasteiger partial charge in [-0.25, -0.2) is 0 Å². The van der Waals surface area contributed by atoms with Gasteiger partial charge < -0.3 is 14.1 Å². The lowest BCUT2D eigenvalue weighted by atomic mass is 10.0. The first-order valence-corrected chi connectivity index (χ1v) is 7.52. The Hall–Kier alpha value is -1.72. The molecule has 1 aliphatic rings. The van der Waals surface area contributed by atoms with Crippen LogP contribution in [0, 0.1) is 0 Å². The van der Waals surface area contributed by atoms with Crippen LogP contribution in [0.15, 0.2) is 16.5 Å². The number of nitrogens with zero attached hydrogens (tertiary/aromatic N) is 1. The molecule has 0 unspecified atom stereocenters. The van der Waals surface area contributed by atoms with Crippen molar-refractivity contribution in [2.24, 2.45) is 0 Å². The Labute approximate surface area is 136 Å². The molecule has 0 atom stereocenters. The first-order chi connectivity index (χ1) is 10.5. The van der Waals surface area contributed by atoms with Gasteiger partial charge in [-0.2, -0.15) is 0 Å². The standard InChI is InChI=1S/C15H13Cl2NO4/c1-8(19)21-7-13(20)18-5-4-12-10(6-18)9-2-3-11(16)14(17)15(9)22-12/h2-3H,4-7H2,1H3. The summed E-state index contributed by atoms with van der Waals surface area (Å²) in [6.07, 6.45) is 0.587. The molecular formula is C15H13Cl2NO4. The Bertz CT molecular complexity index is 768. The molecule has 1 aromatic carbocycles. The first kappa shape index (κ1) is 15.2. The molecule has 0 spiro atoms. The largest absolute Gasteiger partial charge is 0.459 e. The van der Waals surface area contributed by atoms with Crippen LogP contribution in [0.5, 0.6) is 0 Å². The van der Waals surface area contributed by atoms with Gasteiger partial charge in [0.25, 0.3) is 5.91 Å². The fraction of sp³-hybridized carbons (Fsp3) is 0.333. The van der Waals surface area contributed by atoms with Crippen LogP contribution in [0.1, 0.15) is 18.2 Å². The van der Waals surface area contributed by atoms with Crippen molar-refractivity contribution in [2.45, 2.75) is 19.9 Å². The average molecular weight is 342 g/mol. The van der Waals surface area contributed by atoms with Crippen molar-refractivity contribution in [1.82, 2.24) is 4.90 Å². The lowest BCUT2D eigenvalue weighted by Gasteiger charge is -2.26. The molecule has 1 amide bonds. The summed E-state index contributed by atoms with van der Waals surface area (Å²) < 4.78 is 10.5. The number of halogens is 2. The molecular weight excluding hydrogens is 329 g/mol. The molecule has 5 nitrogen and oxygen atoms in total. The number of amides is 1. The SMILES string of the molecule is CC(=O)OCC(=O)N1CCc2oc3c(Cl)c(Cl)ccc3c2C1. The zero-order valence-corrected chi connectivity index (χ0v) is 13.3. The lowest BCUT2D eigenvalue weighted by molar-refractivity contribution is -0.150. The Balaban J connectivity index is 1.88. The highest BCUT2D eigenvalue weighted by molar-refractivity contribution is 6.44. The topological polar surface area (TPSA) is 59.8 Å². The number of fused-ring (bicyclic) bond motifs is 3. The van der Waals surface area contributed by atoms with E-state index in [1.807, 2.05) is 6.07 Å². The van der Waals surface area contributed by atoms with Crippen LogP contribution in [-0.4, -0.2) is 29.9 Å². The minimum Gasteiger partial charge on any atom is -0.459 e. The number of furan rings is 1. The van der Waals surface area contributed by atoms with Crippen LogP contribution in [0.2, 0.25) is 10.0 Å². The molecule has 0 saturated heterocycles. The minimum atomic E-state index is -0.471. The zero-order chi connectivity index (χ0) is 15.9. The predicted molar refractivity (Wildman–Crippen MR) is 82.0 cm³/mol. The summed E-state index contributed by atoms with van der Waals surface area (Å²) in [5, 5.41) is 1.67. The molecule has 0 radical (unpaired) electrons. The van der Waals surface area contributed by atoms with E-state index in [1.54, 1.807) is 11.0 Å². The molecule has 0 saturated carbocycles. The first-order valence-electron chi connectivity index (χ1n) is 6.76. The highest BCUT2D eigenvalue weighted by atomic mass is 35.5. The zero-order valence-electron chi connectivity index (χ0n) is 11.8. The van der Waals surface area contributed by atoms with E-state index in [4.69, 9.17) is 32.4 Å². The smallest absolute Gasteiger partial charge is 0.303 e. The van der Waals surface area contributed by atoms with Gasteiger partial charge in [0.15, 0.2) is 12.2 Å². The summed E-state index contributed by atoms with van der Waals surface area (Å²) in [4.78, 5) is 24.5. The van der Waals surface area contributed by atoms with E-state index in [-0.39, 0.29) is 12.5 Å². The number of benzene rings is 1. The van der Waals surface area contributed by atoms with Gasteiger partial charge in [-0.1, -0.05) is 23.2 Å². The molecule has 1 aromatic heterocycles. The van der Waals surface area contributed by atoms with Crippen molar-refractivity contribution < 1.29 is 18.7 Å². The monoisotopic (exact) mass is 341 g/mol. The van der Waals surface area contributed by atoms with E-state index in [0.717, 1.165) is 16.7 Å². The number of rotatable bonds is 2. The molecule has 0 aliphatic carbocycles. The Morgan fingerprint density at radius 2 is 2.14 bits per heavy atom. The summed E-state index contributed by atoms with van der Waals surface area (Å²) in [5.74, 6) is 0.118. The van der Waals surface area contributed by atoms with E-state index in [2.05, 4.69) is 0 Å². The third kappa shape index (κ3) is 2.66. The van der Waals surface area contributed by atoms with Crippen LogP contribution in [-0.2, 0) is 27.3 Å². The Morgan fingerprint density at radius 3 is 2.86 bits per heavy atom. The molecule has 1 aliphatic heterocycles. The minimum absolute atomic E-state index is 0.227. The van der Waals surface area contributed by atoms with Gasteiger partial charge in [-0.3, -0.25) is 9.59 Å². The van der Waals surface area contributed by atoms with Gasteiger partial charge in [-0.05, 0) is 12.1 Å². The van der Waals surface area contributed by atoms with E-state index >= 15 is 0 Å². The quantitative estimate of drug-likeness (QED) is 0.787.